The zero-order valence-corrected chi connectivity index (χ0v) is 67.0. The first kappa shape index (κ1) is 76.5. The van der Waals surface area contributed by atoms with Crippen LogP contribution in [0.5, 0.6) is 0 Å². The van der Waals surface area contributed by atoms with Crippen molar-refractivity contribution in [3.63, 3.8) is 0 Å². The molecule has 10 aromatic carbocycles. The average Bonchev–Trinajstić information content (AvgIpc) is 0.967. The normalized spacial score (nSPS) is 12.1. The maximum absolute atomic E-state index is 6.38. The highest BCUT2D eigenvalue weighted by Crippen LogP contribution is 2.42. The van der Waals surface area contributed by atoms with Crippen molar-refractivity contribution in [1.82, 2.24) is 101 Å². The van der Waals surface area contributed by atoms with Crippen LogP contribution in [0.1, 0.15) is 71.7 Å². The molecule has 121 heavy (non-hydrogen) atoms. The second-order valence-electron chi connectivity index (χ2n) is 29.3. The number of rotatable bonds is 17. The lowest BCUT2D eigenvalue weighted by Gasteiger charge is -2.11. The number of fused-ring (bicyclic) bond motifs is 5. The first-order valence-electron chi connectivity index (χ1n) is 39.7. The number of H-pyrrole nitrogens is 5. The number of nitrogens with zero attached hydrogens (tertiary/aromatic N) is 15. The molecule has 20 aromatic rings. The molecule has 0 aliphatic heterocycles. The summed E-state index contributed by atoms with van der Waals surface area (Å²) in [7, 11) is 0. The van der Waals surface area contributed by atoms with Crippen molar-refractivity contribution in [1.29, 1.82) is 0 Å². The number of pyridine rings is 5. The molecule has 0 amide bonds. The Morgan fingerprint density at radius 2 is 0.669 bits per heavy atom. The second kappa shape index (κ2) is 35.0. The molecule has 0 saturated heterocycles. The first-order chi connectivity index (χ1) is 59.5. The third-order valence-electron chi connectivity index (χ3n) is 20.7. The number of hydrogen-bond donors (Lipinski definition) is 10. The Labute approximate surface area is 700 Å². The van der Waals surface area contributed by atoms with Crippen LogP contribution in [0.15, 0.2) is 292 Å². The third-order valence-corrected chi connectivity index (χ3v) is 21.0. The molecule has 0 bridgehead atoms. The van der Waals surface area contributed by atoms with Gasteiger partial charge in [0.1, 0.15) is 35.9 Å². The third kappa shape index (κ3) is 18.0. The van der Waals surface area contributed by atoms with Crippen molar-refractivity contribution in [2.24, 2.45) is 0 Å². The van der Waals surface area contributed by atoms with E-state index in [9.17, 15) is 0 Å². The lowest BCUT2D eigenvalue weighted by molar-refractivity contribution is 0.935. The van der Waals surface area contributed by atoms with Gasteiger partial charge in [-0.25, -0.2) is 35.1 Å². The van der Waals surface area contributed by atoms with Gasteiger partial charge in [-0.1, -0.05) is 230 Å². The van der Waals surface area contributed by atoms with Crippen LogP contribution in [-0.4, -0.2) is 101 Å². The molecule has 10 aromatic heterocycles. The Morgan fingerprint density at radius 1 is 0.306 bits per heavy atom. The van der Waals surface area contributed by atoms with Crippen molar-refractivity contribution in [2.75, 3.05) is 26.6 Å². The van der Waals surface area contributed by atoms with E-state index in [0.717, 1.165) is 157 Å². The van der Waals surface area contributed by atoms with Gasteiger partial charge in [0, 0.05) is 71.6 Å². The molecule has 10 N–H and O–H groups in total. The van der Waals surface area contributed by atoms with Crippen molar-refractivity contribution in [2.45, 2.75) is 65.2 Å². The fourth-order valence-electron chi connectivity index (χ4n) is 14.2. The smallest absolute Gasteiger partial charge is 0.246 e. The minimum absolute atomic E-state index is 0.533. The zero-order chi connectivity index (χ0) is 82.0. The fraction of sp³-hybridized carbons (Fsp3) is 0.105. The Kier molecular flexibility index (Phi) is 22.1. The highest BCUT2D eigenvalue weighted by atomic mass is 35.5. The second-order valence-corrected chi connectivity index (χ2v) is 29.7. The lowest BCUT2D eigenvalue weighted by Crippen LogP contribution is -1.99. The van der Waals surface area contributed by atoms with Crippen LogP contribution in [0.2, 0.25) is 5.02 Å². The molecule has 10 heterocycles. The molecular formula is C95H80ClN25. The summed E-state index contributed by atoms with van der Waals surface area (Å²) in [6, 6.07) is 93.3. The predicted molar refractivity (Wildman–Crippen MR) is 482 cm³/mol. The van der Waals surface area contributed by atoms with Crippen LogP contribution in [0, 0.1) is 27.7 Å². The van der Waals surface area contributed by atoms with Crippen molar-refractivity contribution < 1.29 is 0 Å². The Morgan fingerprint density at radius 3 is 1.11 bits per heavy atom. The molecule has 25 nitrogen and oxygen atoms in total. The first-order valence-corrected chi connectivity index (χ1v) is 40.1. The number of anilines is 10. The van der Waals surface area contributed by atoms with Crippen LogP contribution >= 0.6 is 11.6 Å². The number of hydrogen-bond acceptors (Lipinski definition) is 20. The van der Waals surface area contributed by atoms with E-state index in [0.29, 0.717) is 46.6 Å². The maximum Gasteiger partial charge on any atom is 0.246 e. The van der Waals surface area contributed by atoms with Gasteiger partial charge in [-0.2, -0.15) is 35.1 Å². The van der Waals surface area contributed by atoms with Crippen molar-refractivity contribution >= 4 is 124 Å². The molecule has 2 saturated carbocycles. The summed E-state index contributed by atoms with van der Waals surface area (Å²) in [4.78, 5) is 45.8. The SMILES string of the molecule is Cc1ccccc1-c1cc(Nc2n[nH]c(C3CC3)n2)c2ccccc2n1.Cc1ccccc1-c1cc2ccccc2c(Nc2ncn[nH]2)n1.Cc1nc(Nc2cc(-c3ccccc3C)nc3ccccc23)n[nH]1.Clc1ccccc1-c1cc(Nc2n[nH]c(C3CC3)n2)c2ccccc2n1.c1ccc(-c2cc(Nc3ncn[nH]3)c3ccccc3n2)cc1. The van der Waals surface area contributed by atoms with Crippen molar-refractivity contribution in [3.05, 3.63) is 331 Å². The summed E-state index contributed by atoms with van der Waals surface area (Å²) in [5.74, 6) is 7.47. The molecule has 22 rings (SSSR count). The largest absolute Gasteiger partial charge is 0.324 e. The van der Waals surface area contributed by atoms with E-state index in [1.54, 1.807) is 0 Å². The summed E-state index contributed by atoms with van der Waals surface area (Å²) in [6.07, 6.45) is 7.71. The van der Waals surface area contributed by atoms with Gasteiger partial charge >= 0.3 is 0 Å². The number of aromatic nitrogens is 20. The topological polar surface area (TPSA) is 332 Å². The van der Waals surface area contributed by atoms with Crippen LogP contribution in [0.4, 0.5) is 58.3 Å². The standard InChI is InChI=1S/C21H19N5.C20H16ClN5.C19H17N5.C18H15N5.C17H13N5/c1-13-6-2-3-7-15(13)18-12-19(16-8-4-5-9-17(16)22-18)23-21-24-20(25-26-21)14-10-11-14;21-15-7-3-1-5-13(15)17-11-18(14-6-2-4-8-16(14)22-17)23-20-24-19(25-26-20)12-9-10-12;1-12-7-3-4-8-14(12)17-11-18(22-19-20-13(2)23-24-19)15-9-5-6-10-16(15)21-17;1-12-6-2-4-8-14(12)16-10-13-7-3-5-9-15(13)17(21-16)22-18-19-11-20-23-18;1-2-6-12(7-3-1)15-10-16(21-17-18-11-19-22-17)13-8-4-5-9-14(13)20-15/h2-9,12,14H,10-11H2,1H3,(H2,22,23,24,25,26);1-8,11-12H,9-10H2,(H2,22,23,24,25,26);3-11H,1-2H3,(H2,20,21,22,23,24);2-11H,1H3,(H2,19,20,21,22,23);1-11H,(H2,18,19,20,21,22). The highest BCUT2D eigenvalue weighted by molar-refractivity contribution is 6.33. The van der Waals surface area contributed by atoms with E-state index < -0.39 is 0 Å². The number of aromatic amines is 5. The van der Waals surface area contributed by atoms with Gasteiger partial charge in [0.25, 0.3) is 0 Å². The Bertz CT molecular complexity index is 6840. The van der Waals surface area contributed by atoms with Gasteiger partial charge in [-0.3, -0.25) is 15.3 Å². The quantitative estimate of drug-likeness (QED) is 0.0405. The van der Waals surface area contributed by atoms with Gasteiger partial charge in [0.15, 0.2) is 0 Å². The molecule has 0 radical (unpaired) electrons. The summed E-state index contributed by atoms with van der Waals surface area (Å²) >= 11 is 6.38. The minimum atomic E-state index is 0.533. The lowest BCUT2D eigenvalue weighted by atomic mass is 10.0. The van der Waals surface area contributed by atoms with Gasteiger partial charge in [-0.05, 0) is 136 Å². The van der Waals surface area contributed by atoms with E-state index >= 15 is 0 Å². The van der Waals surface area contributed by atoms with E-state index in [1.165, 1.54) is 55.0 Å². The number of aryl methyl sites for hydroxylation is 4. The van der Waals surface area contributed by atoms with Crippen LogP contribution in [0.25, 0.3) is 111 Å². The van der Waals surface area contributed by atoms with Gasteiger partial charge in [-0.15, -0.1) is 15.3 Å². The fourth-order valence-corrected chi connectivity index (χ4v) is 14.5. The van der Waals surface area contributed by atoms with Gasteiger partial charge in [0.05, 0.1) is 73.3 Å². The summed E-state index contributed by atoms with van der Waals surface area (Å²) in [6.45, 7) is 8.17. The summed E-state index contributed by atoms with van der Waals surface area (Å²) in [5.41, 5.74) is 21.0. The van der Waals surface area contributed by atoms with Gasteiger partial charge in [0.2, 0.25) is 29.7 Å². The number of benzene rings is 10. The highest BCUT2D eigenvalue weighted by Gasteiger charge is 2.29. The number of halogens is 1. The van der Waals surface area contributed by atoms with Crippen LogP contribution < -0.4 is 26.6 Å². The predicted octanol–water partition coefficient (Wildman–Crippen LogP) is 22.5. The van der Waals surface area contributed by atoms with E-state index in [-0.39, 0.29) is 0 Å². The van der Waals surface area contributed by atoms with E-state index in [2.05, 4.69) is 202 Å². The Hall–Kier alpha value is -15.8. The Balaban J connectivity index is 0.000000104. The zero-order valence-electron chi connectivity index (χ0n) is 66.3. The maximum atomic E-state index is 6.38. The van der Waals surface area contributed by atoms with Crippen molar-refractivity contribution in [3.8, 4) is 56.3 Å². The monoisotopic (exact) mass is 1610 g/mol. The van der Waals surface area contributed by atoms with Crippen LogP contribution in [0.3, 0.4) is 0 Å². The average molecular weight is 1610 g/mol. The molecule has 0 spiro atoms. The van der Waals surface area contributed by atoms with E-state index in [1.807, 2.05) is 207 Å². The molecule has 2 aliphatic rings. The molecule has 592 valence electrons. The number of nitrogens with one attached hydrogen (secondary N) is 10. The van der Waals surface area contributed by atoms with Gasteiger partial charge < -0.3 is 26.6 Å². The number of para-hydroxylation sites is 4. The van der Waals surface area contributed by atoms with E-state index in [4.69, 9.17) is 36.5 Å². The summed E-state index contributed by atoms with van der Waals surface area (Å²) in [5, 5.41) is 58.6. The molecule has 2 aliphatic carbocycles. The molecule has 26 heteroatoms. The molecular weight excluding hydrogens is 1530 g/mol. The van der Waals surface area contributed by atoms with Crippen LogP contribution in [-0.2, 0) is 0 Å². The molecule has 2 fully saturated rings. The summed E-state index contributed by atoms with van der Waals surface area (Å²) < 4.78 is 0. The minimum Gasteiger partial charge on any atom is -0.324 e. The molecule has 0 unspecified atom stereocenters. The molecule has 0 atom stereocenters.